The summed E-state index contributed by atoms with van der Waals surface area (Å²) in [6.45, 7) is 0.349. The molecular formula is C17H14BrNO3. The molecule has 0 amide bonds. The van der Waals surface area contributed by atoms with Gasteiger partial charge in [-0.3, -0.25) is 0 Å². The van der Waals surface area contributed by atoms with Gasteiger partial charge in [0.1, 0.15) is 30.1 Å². The monoisotopic (exact) mass is 359 g/mol. The lowest BCUT2D eigenvalue weighted by molar-refractivity contribution is 0.299. The normalized spacial score (nSPS) is 10.5. The zero-order valence-electron chi connectivity index (χ0n) is 12.0. The van der Waals surface area contributed by atoms with Crippen molar-refractivity contribution in [1.29, 1.82) is 0 Å². The maximum Gasteiger partial charge on any atom is 0.226 e. The van der Waals surface area contributed by atoms with Crippen LogP contribution in [0, 0.1) is 0 Å². The maximum atomic E-state index is 5.72. The Morgan fingerprint density at radius 3 is 2.59 bits per heavy atom. The van der Waals surface area contributed by atoms with Crippen LogP contribution in [0.25, 0.3) is 11.5 Å². The number of hydrogen-bond acceptors (Lipinski definition) is 4. The number of rotatable bonds is 5. The van der Waals surface area contributed by atoms with Crippen molar-refractivity contribution in [3.05, 3.63) is 65.0 Å². The molecule has 0 bridgehead atoms. The number of para-hydroxylation sites is 1. The second-order valence-electron chi connectivity index (χ2n) is 4.59. The predicted octanol–water partition coefficient (Wildman–Crippen LogP) is 4.69. The maximum absolute atomic E-state index is 5.72. The summed E-state index contributed by atoms with van der Waals surface area (Å²) in [6, 6.07) is 15.2. The number of methoxy groups -OCH3 is 1. The topological polar surface area (TPSA) is 44.5 Å². The Hall–Kier alpha value is -2.27. The summed E-state index contributed by atoms with van der Waals surface area (Å²) >= 11 is 3.44. The molecule has 0 aliphatic rings. The molecule has 0 N–H and O–H groups in total. The number of benzene rings is 2. The molecule has 0 saturated carbocycles. The Kier molecular flexibility index (Phi) is 4.44. The molecule has 1 heterocycles. The first-order chi connectivity index (χ1) is 10.8. The average molecular weight is 360 g/mol. The van der Waals surface area contributed by atoms with Crippen LogP contribution in [0.2, 0.25) is 0 Å². The van der Waals surface area contributed by atoms with Crippen molar-refractivity contribution in [1.82, 2.24) is 4.98 Å². The Morgan fingerprint density at radius 2 is 1.86 bits per heavy atom. The van der Waals surface area contributed by atoms with Gasteiger partial charge in [0.25, 0.3) is 0 Å². The molecule has 0 aliphatic carbocycles. The second-order valence-corrected chi connectivity index (χ2v) is 5.45. The van der Waals surface area contributed by atoms with Gasteiger partial charge in [-0.05, 0) is 52.3 Å². The number of nitrogens with zero attached hydrogens (tertiary/aromatic N) is 1. The van der Waals surface area contributed by atoms with E-state index in [1.807, 2.05) is 48.5 Å². The molecule has 22 heavy (non-hydrogen) atoms. The van der Waals surface area contributed by atoms with Crippen molar-refractivity contribution in [3.8, 4) is 23.0 Å². The molecule has 5 heteroatoms. The van der Waals surface area contributed by atoms with Crippen LogP contribution in [-0.2, 0) is 6.61 Å². The van der Waals surface area contributed by atoms with Crippen LogP contribution >= 0.6 is 15.9 Å². The van der Waals surface area contributed by atoms with Gasteiger partial charge in [0.15, 0.2) is 0 Å². The lowest BCUT2D eigenvalue weighted by Gasteiger charge is -2.05. The van der Waals surface area contributed by atoms with E-state index in [4.69, 9.17) is 13.9 Å². The van der Waals surface area contributed by atoms with E-state index in [1.165, 1.54) is 0 Å². The lowest BCUT2D eigenvalue weighted by Crippen LogP contribution is -1.96. The van der Waals surface area contributed by atoms with Crippen molar-refractivity contribution in [2.75, 3.05) is 7.11 Å². The van der Waals surface area contributed by atoms with Crippen LogP contribution in [0.4, 0.5) is 0 Å². The first kappa shape index (κ1) is 14.7. The van der Waals surface area contributed by atoms with Gasteiger partial charge >= 0.3 is 0 Å². The van der Waals surface area contributed by atoms with Crippen molar-refractivity contribution < 1.29 is 13.9 Å². The zero-order chi connectivity index (χ0) is 15.4. The van der Waals surface area contributed by atoms with Gasteiger partial charge in [0, 0.05) is 5.56 Å². The summed E-state index contributed by atoms with van der Waals surface area (Å²) in [5, 5.41) is 0. The molecule has 112 valence electrons. The van der Waals surface area contributed by atoms with Gasteiger partial charge in [-0.2, -0.15) is 0 Å². The number of hydrogen-bond donors (Lipinski definition) is 0. The SMILES string of the molecule is COc1ccc(-c2nc(COc3ccccc3Br)co2)cc1. The molecule has 3 rings (SSSR count). The van der Waals surface area contributed by atoms with E-state index in [2.05, 4.69) is 20.9 Å². The summed E-state index contributed by atoms with van der Waals surface area (Å²) < 4.78 is 17.3. The highest BCUT2D eigenvalue weighted by molar-refractivity contribution is 9.10. The molecule has 4 nitrogen and oxygen atoms in total. The number of oxazole rings is 1. The largest absolute Gasteiger partial charge is 0.497 e. The predicted molar refractivity (Wildman–Crippen MR) is 87.0 cm³/mol. The summed E-state index contributed by atoms with van der Waals surface area (Å²) in [4.78, 5) is 4.43. The van der Waals surface area contributed by atoms with Crippen LogP contribution in [-0.4, -0.2) is 12.1 Å². The number of halogens is 1. The van der Waals surface area contributed by atoms with Crippen LogP contribution in [0.1, 0.15) is 5.69 Å². The lowest BCUT2D eigenvalue weighted by atomic mass is 10.2. The Labute approximate surface area is 136 Å². The standard InChI is InChI=1S/C17H14BrNO3/c1-20-14-8-6-12(7-9-14)17-19-13(11-22-17)10-21-16-5-3-2-4-15(16)18/h2-9,11H,10H2,1H3. The van der Waals surface area contributed by atoms with Crippen molar-refractivity contribution in [3.63, 3.8) is 0 Å². The molecule has 0 atom stereocenters. The van der Waals surface area contributed by atoms with E-state index >= 15 is 0 Å². The van der Waals surface area contributed by atoms with Gasteiger partial charge < -0.3 is 13.9 Å². The third kappa shape index (κ3) is 3.31. The minimum Gasteiger partial charge on any atom is -0.497 e. The van der Waals surface area contributed by atoms with Gasteiger partial charge in [0.05, 0.1) is 11.6 Å². The first-order valence-corrected chi connectivity index (χ1v) is 7.52. The minimum atomic E-state index is 0.349. The molecular weight excluding hydrogens is 346 g/mol. The highest BCUT2D eigenvalue weighted by Gasteiger charge is 2.08. The number of aromatic nitrogens is 1. The fourth-order valence-corrected chi connectivity index (χ4v) is 2.35. The van der Waals surface area contributed by atoms with Crippen molar-refractivity contribution in [2.24, 2.45) is 0 Å². The molecule has 0 spiro atoms. The molecule has 0 unspecified atom stereocenters. The van der Waals surface area contributed by atoms with Crippen molar-refractivity contribution >= 4 is 15.9 Å². The first-order valence-electron chi connectivity index (χ1n) is 6.72. The van der Waals surface area contributed by atoms with E-state index in [0.29, 0.717) is 12.5 Å². The Balaban J connectivity index is 1.69. The van der Waals surface area contributed by atoms with E-state index in [-0.39, 0.29) is 0 Å². The fraction of sp³-hybridized carbons (Fsp3) is 0.118. The van der Waals surface area contributed by atoms with E-state index in [0.717, 1.165) is 27.2 Å². The summed E-state index contributed by atoms with van der Waals surface area (Å²) in [5.74, 6) is 2.14. The molecule has 2 aromatic carbocycles. The average Bonchev–Trinajstić information content (AvgIpc) is 3.03. The molecule has 3 aromatic rings. The van der Waals surface area contributed by atoms with Crippen LogP contribution < -0.4 is 9.47 Å². The molecule has 0 radical (unpaired) electrons. The van der Waals surface area contributed by atoms with Crippen molar-refractivity contribution in [2.45, 2.75) is 6.61 Å². The minimum absolute atomic E-state index is 0.349. The third-order valence-electron chi connectivity index (χ3n) is 3.10. The molecule has 0 fully saturated rings. The molecule has 0 aliphatic heterocycles. The van der Waals surface area contributed by atoms with Gasteiger partial charge in [0.2, 0.25) is 5.89 Å². The van der Waals surface area contributed by atoms with E-state index < -0.39 is 0 Å². The van der Waals surface area contributed by atoms with Crippen LogP contribution in [0.5, 0.6) is 11.5 Å². The summed E-state index contributed by atoms with van der Waals surface area (Å²) in [7, 11) is 1.64. The highest BCUT2D eigenvalue weighted by Crippen LogP contribution is 2.25. The Bertz CT molecular complexity index is 753. The quantitative estimate of drug-likeness (QED) is 0.662. The fourth-order valence-electron chi connectivity index (χ4n) is 1.95. The van der Waals surface area contributed by atoms with E-state index in [9.17, 15) is 0 Å². The highest BCUT2D eigenvalue weighted by atomic mass is 79.9. The third-order valence-corrected chi connectivity index (χ3v) is 3.76. The molecule has 1 aromatic heterocycles. The van der Waals surface area contributed by atoms with Crippen LogP contribution in [0.3, 0.4) is 0 Å². The number of ether oxygens (including phenoxy) is 2. The summed E-state index contributed by atoms with van der Waals surface area (Å²) in [5.41, 5.74) is 1.63. The second kappa shape index (κ2) is 6.66. The van der Waals surface area contributed by atoms with Crippen LogP contribution in [0.15, 0.2) is 63.7 Å². The van der Waals surface area contributed by atoms with E-state index in [1.54, 1.807) is 13.4 Å². The smallest absolute Gasteiger partial charge is 0.226 e. The van der Waals surface area contributed by atoms with Gasteiger partial charge in [-0.1, -0.05) is 12.1 Å². The summed E-state index contributed by atoms with van der Waals surface area (Å²) in [6.07, 6.45) is 1.61. The van der Waals surface area contributed by atoms with Gasteiger partial charge in [-0.25, -0.2) is 4.98 Å². The van der Waals surface area contributed by atoms with Gasteiger partial charge in [-0.15, -0.1) is 0 Å². The molecule has 0 saturated heterocycles. The zero-order valence-corrected chi connectivity index (χ0v) is 13.5. The Morgan fingerprint density at radius 1 is 1.09 bits per heavy atom.